The lowest BCUT2D eigenvalue weighted by molar-refractivity contribution is -0.137. The fourth-order valence-electron chi connectivity index (χ4n) is 6.62. The van der Waals surface area contributed by atoms with Gasteiger partial charge in [0.05, 0.1) is 19.9 Å². The van der Waals surface area contributed by atoms with Crippen molar-refractivity contribution in [2.75, 3.05) is 25.7 Å². The highest BCUT2D eigenvalue weighted by atomic mass is 35.5. The van der Waals surface area contributed by atoms with E-state index in [4.69, 9.17) is 42.3 Å². The van der Waals surface area contributed by atoms with Gasteiger partial charge in [0.25, 0.3) is 8.32 Å². The SMILES string of the molecule is C.C=C(O[Si](C(C)C)(C(C)C)C(C)C)C(=[N+]=[N-])C(=O)OC.CC.CC.COC(=O)C1=C(C)CN1c1ccc(Cl)cc1.Clc1ccc(N=S(c2ccccc2)c2ccccc2)cc1. The predicted octanol–water partition coefficient (Wildman–Crippen LogP) is 14.7. The molecule has 5 rings (SSSR count). The minimum Gasteiger partial charge on any atom is -0.538 e. The van der Waals surface area contributed by atoms with Crippen LogP contribution in [0.5, 0.6) is 0 Å². The van der Waals surface area contributed by atoms with Crippen LogP contribution in [0, 0.1) is 0 Å². The molecule has 4 aromatic carbocycles. The third-order valence-corrected chi connectivity index (χ3v) is 17.6. The summed E-state index contributed by atoms with van der Waals surface area (Å²) in [4.78, 5) is 30.3. The molecular formula is C49H68Cl2N4O5SSi. The largest absolute Gasteiger partial charge is 0.538 e. The lowest BCUT2D eigenvalue weighted by atomic mass is 10.0. The molecule has 62 heavy (non-hydrogen) atoms. The molecule has 9 nitrogen and oxygen atoms in total. The van der Waals surface area contributed by atoms with Gasteiger partial charge in [0.1, 0.15) is 5.70 Å². The second-order valence-electron chi connectivity index (χ2n) is 13.9. The van der Waals surface area contributed by atoms with Crippen molar-refractivity contribution in [1.29, 1.82) is 0 Å². The van der Waals surface area contributed by atoms with Crippen molar-refractivity contribution >= 4 is 71.2 Å². The number of carbonyl (C=O) groups excluding carboxylic acids is 2. The monoisotopic (exact) mass is 922 g/mol. The number of anilines is 1. The first-order valence-corrected chi connectivity index (χ1v) is 24.5. The minimum absolute atomic E-state index is 0. The summed E-state index contributed by atoms with van der Waals surface area (Å²) in [6.45, 7) is 27.1. The van der Waals surface area contributed by atoms with Gasteiger partial charge in [-0.05, 0) is 119 Å². The zero-order valence-electron chi connectivity index (χ0n) is 38.0. The predicted molar refractivity (Wildman–Crippen MR) is 265 cm³/mol. The van der Waals surface area contributed by atoms with Gasteiger partial charge in [-0.1, -0.05) is 136 Å². The van der Waals surface area contributed by atoms with Crippen molar-refractivity contribution in [2.45, 2.75) is 110 Å². The third-order valence-electron chi connectivity index (χ3n) is 9.29. The van der Waals surface area contributed by atoms with Crippen molar-refractivity contribution in [3.63, 3.8) is 0 Å². The van der Waals surface area contributed by atoms with Crippen LogP contribution >= 0.6 is 23.2 Å². The molecule has 0 aliphatic carbocycles. The molecule has 0 radical (unpaired) electrons. The average molecular weight is 924 g/mol. The summed E-state index contributed by atoms with van der Waals surface area (Å²) in [6, 6.07) is 35.8. The molecule has 338 valence electrons. The van der Waals surface area contributed by atoms with E-state index in [-0.39, 0.29) is 35.6 Å². The summed E-state index contributed by atoms with van der Waals surface area (Å²) in [5.74, 6) is -0.961. The molecule has 1 heterocycles. The minimum atomic E-state index is -2.23. The van der Waals surface area contributed by atoms with Gasteiger partial charge in [-0.25, -0.2) is 14.0 Å². The molecule has 0 aromatic heterocycles. The van der Waals surface area contributed by atoms with Crippen molar-refractivity contribution in [3.05, 3.63) is 148 Å². The normalized spacial score (nSPS) is 11.3. The van der Waals surface area contributed by atoms with E-state index in [1.807, 2.05) is 88.0 Å². The number of ether oxygens (including phenoxy) is 2. The molecule has 0 amide bonds. The first-order valence-electron chi connectivity index (χ1n) is 20.4. The Hall–Kier alpha value is -4.77. The average Bonchev–Trinajstić information content (AvgIpc) is 3.27. The van der Waals surface area contributed by atoms with Crippen molar-refractivity contribution < 1.29 is 28.3 Å². The van der Waals surface area contributed by atoms with Crippen LogP contribution in [0.3, 0.4) is 0 Å². The lowest BCUT2D eigenvalue weighted by Gasteiger charge is -2.41. The Balaban J connectivity index is 0.000000864. The fraction of sp³-hybridized carbons (Fsp3) is 0.367. The maximum absolute atomic E-state index is 11.5. The number of hydrogen-bond acceptors (Lipinski definition) is 7. The highest BCUT2D eigenvalue weighted by Crippen LogP contribution is 2.43. The summed E-state index contributed by atoms with van der Waals surface area (Å²) in [7, 11) is 0.0564. The molecule has 13 heteroatoms. The Labute approximate surface area is 386 Å². The van der Waals surface area contributed by atoms with Crippen LogP contribution in [0.15, 0.2) is 147 Å². The number of hydrogen-bond donors (Lipinski definition) is 0. The van der Waals surface area contributed by atoms with Gasteiger partial charge in [0.2, 0.25) is 0 Å². The smallest absolute Gasteiger partial charge is 0.438 e. The Kier molecular flexibility index (Phi) is 27.2. The molecule has 4 aromatic rings. The van der Waals surface area contributed by atoms with Gasteiger partial charge in [-0.3, -0.25) is 0 Å². The quantitative estimate of drug-likeness (QED) is 0.0349. The maximum Gasteiger partial charge on any atom is 0.438 e. The molecule has 0 atom stereocenters. The van der Waals surface area contributed by atoms with E-state index in [0.29, 0.717) is 27.3 Å². The summed E-state index contributed by atoms with van der Waals surface area (Å²) >= 11 is 11.8. The maximum atomic E-state index is 11.5. The summed E-state index contributed by atoms with van der Waals surface area (Å²) in [5.41, 5.74) is 13.3. The highest BCUT2D eigenvalue weighted by molar-refractivity contribution is 7.87. The molecule has 0 bridgehead atoms. The second-order valence-corrected chi connectivity index (χ2v) is 21.9. The molecule has 0 N–H and O–H groups in total. The number of carbonyl (C=O) groups is 2. The number of benzene rings is 4. The second kappa shape index (κ2) is 29.5. The van der Waals surface area contributed by atoms with Gasteiger partial charge < -0.3 is 24.3 Å². The molecular weight excluding hydrogens is 856 g/mol. The van der Waals surface area contributed by atoms with Gasteiger partial charge in [0, 0.05) is 32.1 Å². The summed E-state index contributed by atoms with van der Waals surface area (Å²) < 4.78 is 20.4. The Morgan fingerprint density at radius 1 is 0.742 bits per heavy atom. The topological polar surface area (TPSA) is 114 Å². The molecule has 1 aliphatic rings. The number of nitrogens with zero attached hydrogens (tertiary/aromatic N) is 4. The fourth-order valence-corrected chi connectivity index (χ4v) is 13.8. The zero-order chi connectivity index (χ0) is 46.3. The Morgan fingerprint density at radius 3 is 1.52 bits per heavy atom. The lowest BCUT2D eigenvalue weighted by Crippen LogP contribution is -2.48. The molecule has 0 unspecified atom stereocenters. The van der Waals surface area contributed by atoms with Crippen molar-refractivity contribution in [2.24, 2.45) is 4.36 Å². The number of esters is 2. The zero-order valence-corrected chi connectivity index (χ0v) is 41.4. The molecule has 1 aliphatic heterocycles. The number of rotatable bonds is 12. The Morgan fingerprint density at radius 2 is 1.16 bits per heavy atom. The molecule has 0 saturated heterocycles. The van der Waals surface area contributed by atoms with Gasteiger partial charge >= 0.3 is 17.7 Å². The van der Waals surface area contributed by atoms with E-state index < -0.39 is 14.3 Å². The first kappa shape index (κ1) is 57.2. The molecule has 0 fully saturated rings. The third kappa shape index (κ3) is 16.2. The van der Waals surface area contributed by atoms with Crippen LogP contribution in [0.25, 0.3) is 5.53 Å². The van der Waals surface area contributed by atoms with Gasteiger partial charge in [-0.2, -0.15) is 4.79 Å². The highest BCUT2D eigenvalue weighted by Gasteiger charge is 2.49. The number of halogens is 2. The van der Waals surface area contributed by atoms with Crippen molar-refractivity contribution in [1.82, 2.24) is 0 Å². The van der Waals surface area contributed by atoms with Gasteiger partial charge in [0.15, 0.2) is 5.76 Å². The van der Waals surface area contributed by atoms with E-state index in [2.05, 4.69) is 106 Å². The van der Waals surface area contributed by atoms with Crippen LogP contribution in [0.1, 0.15) is 83.6 Å². The standard InChI is InChI=1S/C18H14ClNS.C14H26N2O3Si.C12H12ClNO2.2C2H6.CH4/c19-15-11-13-16(14-12-15)20-21(17-7-3-1-4-8-17)18-9-5-2-6-10-18;1-9(2)20(10(3)4,11(5)6)19-12(7)13(16-15)14(17)18-8;1-8-7-14(11(8)12(15)16-2)10-5-3-9(13)4-6-10;2*1-2;/h1-14H;9-11H,7H2,1-6,8H3;3-6H,7H2,1-2H3;2*1-2H3;1H4. The van der Waals surface area contributed by atoms with Crippen LogP contribution in [-0.4, -0.2) is 51.5 Å². The van der Waals surface area contributed by atoms with E-state index in [0.717, 1.165) is 28.5 Å². The van der Waals surface area contributed by atoms with Crippen LogP contribution < -0.4 is 4.90 Å². The van der Waals surface area contributed by atoms with Crippen LogP contribution in [0.4, 0.5) is 11.4 Å². The van der Waals surface area contributed by atoms with E-state index >= 15 is 0 Å². The van der Waals surface area contributed by atoms with Gasteiger partial charge in [-0.15, -0.1) is 0 Å². The molecule has 0 saturated carbocycles. The van der Waals surface area contributed by atoms with Crippen LogP contribution in [0.2, 0.25) is 26.7 Å². The van der Waals surface area contributed by atoms with Crippen LogP contribution in [-0.2, 0) is 34.2 Å². The number of methoxy groups -OCH3 is 2. The molecule has 0 spiro atoms. The van der Waals surface area contributed by atoms with E-state index in [9.17, 15) is 9.59 Å². The van der Waals surface area contributed by atoms with E-state index in [1.165, 1.54) is 24.0 Å². The summed E-state index contributed by atoms with van der Waals surface area (Å²) in [6.07, 6.45) is 0. The first-order chi connectivity index (χ1) is 29.1. The van der Waals surface area contributed by atoms with Crippen molar-refractivity contribution in [3.8, 4) is 0 Å². The van der Waals surface area contributed by atoms with E-state index in [1.54, 1.807) is 12.1 Å². The summed E-state index contributed by atoms with van der Waals surface area (Å²) in [5, 5.41) is 1.41. The Bertz CT molecular complexity index is 2030.